The van der Waals surface area contributed by atoms with Crippen molar-refractivity contribution < 1.29 is 19.2 Å². The van der Waals surface area contributed by atoms with Crippen molar-refractivity contribution in [2.45, 2.75) is 40.0 Å². The fourth-order valence-electron chi connectivity index (χ4n) is 1.01. The van der Waals surface area contributed by atoms with Crippen molar-refractivity contribution in [2.24, 2.45) is 5.41 Å². The van der Waals surface area contributed by atoms with Crippen LogP contribution >= 0.6 is 0 Å². The Bertz CT molecular complexity index is 293. The van der Waals surface area contributed by atoms with Crippen LogP contribution in [0, 0.1) is 5.41 Å². The van der Waals surface area contributed by atoms with E-state index in [4.69, 9.17) is 4.84 Å². The molecule has 0 unspecified atom stereocenters. The van der Waals surface area contributed by atoms with Gasteiger partial charge in [0.2, 0.25) is 0 Å². The van der Waals surface area contributed by atoms with Crippen molar-refractivity contribution >= 4 is 17.8 Å². The van der Waals surface area contributed by atoms with Crippen LogP contribution in [0.4, 0.5) is 0 Å². The maximum absolute atomic E-state index is 11.6. The Morgan fingerprint density at radius 3 is 2.20 bits per heavy atom. The lowest BCUT2D eigenvalue weighted by Crippen LogP contribution is -2.37. The second kappa shape index (κ2) is 4.00. The molecule has 5 heteroatoms. The topological polar surface area (TPSA) is 63.7 Å². The maximum Gasteiger partial charge on any atom is 0.338 e. The molecule has 1 saturated heterocycles. The number of carbonyl (C=O) groups is 3. The SMILES string of the molecule is CCC(C)(C)C(=O)ON1C(=O)CCC1=O. The number of hydrogen-bond donors (Lipinski definition) is 0. The molecule has 84 valence electrons. The van der Waals surface area contributed by atoms with Crippen LogP contribution < -0.4 is 0 Å². The Morgan fingerprint density at radius 2 is 1.80 bits per heavy atom. The molecule has 0 bridgehead atoms. The first-order chi connectivity index (χ1) is 6.88. The van der Waals surface area contributed by atoms with Crippen molar-refractivity contribution in [3.63, 3.8) is 0 Å². The molecule has 0 aromatic heterocycles. The number of hydrogen-bond acceptors (Lipinski definition) is 4. The minimum absolute atomic E-state index is 0.124. The van der Waals surface area contributed by atoms with E-state index in [-0.39, 0.29) is 12.8 Å². The molecule has 0 radical (unpaired) electrons. The van der Waals surface area contributed by atoms with Gasteiger partial charge in [0, 0.05) is 12.8 Å². The van der Waals surface area contributed by atoms with Gasteiger partial charge in [-0.1, -0.05) is 6.92 Å². The maximum atomic E-state index is 11.6. The molecule has 0 spiro atoms. The van der Waals surface area contributed by atoms with Crippen molar-refractivity contribution in [1.29, 1.82) is 0 Å². The average molecular weight is 213 g/mol. The monoisotopic (exact) mass is 213 g/mol. The average Bonchev–Trinajstić information content (AvgIpc) is 2.49. The molecular formula is C10H15NO4. The van der Waals surface area contributed by atoms with E-state index in [0.717, 1.165) is 0 Å². The van der Waals surface area contributed by atoms with E-state index in [1.165, 1.54) is 0 Å². The molecular weight excluding hydrogens is 198 g/mol. The van der Waals surface area contributed by atoms with E-state index in [0.29, 0.717) is 11.5 Å². The minimum atomic E-state index is -0.677. The van der Waals surface area contributed by atoms with Gasteiger partial charge >= 0.3 is 5.97 Å². The molecule has 1 aliphatic rings. The Kier molecular flexibility index (Phi) is 3.12. The first-order valence-corrected chi connectivity index (χ1v) is 4.96. The molecule has 5 nitrogen and oxygen atoms in total. The zero-order valence-electron chi connectivity index (χ0n) is 9.20. The van der Waals surface area contributed by atoms with Crippen molar-refractivity contribution in [1.82, 2.24) is 5.06 Å². The summed E-state index contributed by atoms with van der Waals surface area (Å²) in [6.45, 7) is 5.26. The molecule has 0 saturated carbocycles. The third-order valence-corrected chi connectivity index (χ3v) is 2.62. The van der Waals surface area contributed by atoms with Crippen LogP contribution in [0.1, 0.15) is 40.0 Å². The third-order valence-electron chi connectivity index (χ3n) is 2.62. The highest BCUT2D eigenvalue weighted by Gasteiger charge is 2.37. The molecule has 2 amide bonds. The lowest BCUT2D eigenvalue weighted by Gasteiger charge is -2.22. The second-order valence-corrected chi connectivity index (χ2v) is 4.20. The van der Waals surface area contributed by atoms with Gasteiger partial charge in [-0.2, -0.15) is 0 Å². The summed E-state index contributed by atoms with van der Waals surface area (Å²) < 4.78 is 0. The molecule has 1 rings (SSSR count). The highest BCUT2D eigenvalue weighted by atomic mass is 16.7. The summed E-state index contributed by atoms with van der Waals surface area (Å²) >= 11 is 0. The van der Waals surface area contributed by atoms with E-state index in [2.05, 4.69) is 0 Å². The van der Waals surface area contributed by atoms with Crippen LogP contribution in [-0.4, -0.2) is 22.8 Å². The number of imide groups is 1. The summed E-state index contributed by atoms with van der Waals surface area (Å²) in [5.74, 6) is -1.44. The number of nitrogens with zero attached hydrogens (tertiary/aromatic N) is 1. The molecule has 0 aliphatic carbocycles. The first kappa shape index (κ1) is 11.7. The molecule has 0 aromatic rings. The van der Waals surface area contributed by atoms with Crippen molar-refractivity contribution in [2.75, 3.05) is 0 Å². The van der Waals surface area contributed by atoms with E-state index < -0.39 is 23.2 Å². The molecule has 1 aliphatic heterocycles. The van der Waals surface area contributed by atoms with Gasteiger partial charge in [0.05, 0.1) is 5.41 Å². The number of hydroxylamine groups is 2. The first-order valence-electron chi connectivity index (χ1n) is 4.96. The van der Waals surface area contributed by atoms with Gasteiger partial charge in [-0.05, 0) is 20.3 Å². The minimum Gasteiger partial charge on any atom is -0.330 e. The summed E-state index contributed by atoms with van der Waals surface area (Å²) in [7, 11) is 0. The molecule has 1 fully saturated rings. The number of amides is 2. The predicted molar refractivity (Wildman–Crippen MR) is 51.3 cm³/mol. The molecule has 0 atom stereocenters. The van der Waals surface area contributed by atoms with Gasteiger partial charge in [0.1, 0.15) is 0 Å². The second-order valence-electron chi connectivity index (χ2n) is 4.20. The van der Waals surface area contributed by atoms with Crippen molar-refractivity contribution in [3.8, 4) is 0 Å². The van der Waals surface area contributed by atoms with Crippen LogP contribution in [0.15, 0.2) is 0 Å². The van der Waals surface area contributed by atoms with Crippen LogP contribution in [0.25, 0.3) is 0 Å². The lowest BCUT2D eigenvalue weighted by molar-refractivity contribution is -0.204. The largest absolute Gasteiger partial charge is 0.338 e. The van der Waals surface area contributed by atoms with Gasteiger partial charge in [-0.25, -0.2) is 4.79 Å². The highest BCUT2D eigenvalue weighted by Crippen LogP contribution is 2.23. The van der Waals surface area contributed by atoms with Crippen molar-refractivity contribution in [3.05, 3.63) is 0 Å². The summed E-state index contributed by atoms with van der Waals surface area (Å²) in [6, 6.07) is 0. The van der Waals surface area contributed by atoms with Crippen LogP contribution in [0.2, 0.25) is 0 Å². The van der Waals surface area contributed by atoms with Crippen LogP contribution in [-0.2, 0) is 19.2 Å². The molecule has 1 heterocycles. The summed E-state index contributed by atoms with van der Waals surface area (Å²) in [5, 5.41) is 0.583. The number of carbonyl (C=O) groups excluding carboxylic acids is 3. The zero-order chi connectivity index (χ0) is 11.6. The van der Waals surface area contributed by atoms with E-state index in [1.54, 1.807) is 13.8 Å². The Morgan fingerprint density at radius 1 is 1.33 bits per heavy atom. The normalized spacial score (nSPS) is 17.1. The van der Waals surface area contributed by atoms with E-state index in [9.17, 15) is 14.4 Å². The Hall–Kier alpha value is -1.39. The van der Waals surface area contributed by atoms with E-state index >= 15 is 0 Å². The summed E-state index contributed by atoms with van der Waals surface area (Å²) in [6.07, 6.45) is 0.833. The summed E-state index contributed by atoms with van der Waals surface area (Å²) in [5.41, 5.74) is -0.677. The van der Waals surface area contributed by atoms with Gasteiger partial charge in [-0.3, -0.25) is 9.59 Å². The van der Waals surface area contributed by atoms with Gasteiger partial charge in [0.25, 0.3) is 11.8 Å². The molecule has 15 heavy (non-hydrogen) atoms. The fourth-order valence-corrected chi connectivity index (χ4v) is 1.01. The lowest BCUT2D eigenvalue weighted by atomic mass is 9.91. The van der Waals surface area contributed by atoms with Crippen LogP contribution in [0.3, 0.4) is 0 Å². The smallest absolute Gasteiger partial charge is 0.330 e. The van der Waals surface area contributed by atoms with Gasteiger partial charge in [0.15, 0.2) is 0 Å². The Labute approximate surface area is 88.3 Å². The number of rotatable bonds is 3. The molecule has 0 N–H and O–H groups in total. The molecule has 0 aromatic carbocycles. The fraction of sp³-hybridized carbons (Fsp3) is 0.700. The highest BCUT2D eigenvalue weighted by molar-refractivity contribution is 6.01. The third kappa shape index (κ3) is 2.34. The Balaban J connectivity index is 2.66. The van der Waals surface area contributed by atoms with Crippen LogP contribution in [0.5, 0.6) is 0 Å². The zero-order valence-corrected chi connectivity index (χ0v) is 9.20. The van der Waals surface area contributed by atoms with Gasteiger partial charge in [-0.15, -0.1) is 5.06 Å². The predicted octanol–water partition coefficient (Wildman–Crippen LogP) is 1.03. The van der Waals surface area contributed by atoms with Gasteiger partial charge < -0.3 is 4.84 Å². The summed E-state index contributed by atoms with van der Waals surface area (Å²) in [4.78, 5) is 38.7. The standard InChI is InChI=1S/C10H15NO4/c1-4-10(2,3)9(14)15-11-7(12)5-6-8(11)13/h4-6H2,1-3H3. The quantitative estimate of drug-likeness (QED) is 0.657. The van der Waals surface area contributed by atoms with E-state index in [1.807, 2.05) is 6.92 Å².